The van der Waals surface area contributed by atoms with Crippen LogP contribution >= 0.6 is 11.6 Å². The van der Waals surface area contributed by atoms with Crippen molar-refractivity contribution in [1.82, 2.24) is 0 Å². The van der Waals surface area contributed by atoms with E-state index in [-0.39, 0.29) is 17.0 Å². The van der Waals surface area contributed by atoms with Gasteiger partial charge in [-0.1, -0.05) is 23.7 Å². The zero-order valence-electron chi connectivity index (χ0n) is 9.65. The monoisotopic (exact) mass is 276 g/mol. The molecule has 2 aromatic carbocycles. The SMILES string of the molecule is O=[N+]([O-])c1ccc(O)c(C=Nc2ccccc2Cl)c1. The van der Waals surface area contributed by atoms with E-state index in [9.17, 15) is 15.2 Å². The average molecular weight is 277 g/mol. The van der Waals surface area contributed by atoms with E-state index >= 15 is 0 Å². The minimum Gasteiger partial charge on any atom is -0.507 e. The van der Waals surface area contributed by atoms with Gasteiger partial charge in [-0.05, 0) is 18.2 Å². The Morgan fingerprint density at radius 3 is 2.68 bits per heavy atom. The molecular formula is C13H9ClN2O3. The first kappa shape index (κ1) is 13.0. The molecule has 2 aromatic rings. The summed E-state index contributed by atoms with van der Waals surface area (Å²) in [6.07, 6.45) is 1.34. The van der Waals surface area contributed by atoms with Crippen LogP contribution in [0.3, 0.4) is 0 Å². The third-order valence-corrected chi connectivity index (χ3v) is 2.74. The summed E-state index contributed by atoms with van der Waals surface area (Å²) in [6, 6.07) is 10.6. The van der Waals surface area contributed by atoms with E-state index in [1.807, 2.05) is 0 Å². The number of para-hydroxylation sites is 1. The van der Waals surface area contributed by atoms with Crippen LogP contribution in [-0.2, 0) is 0 Å². The number of nitro benzene ring substituents is 1. The van der Waals surface area contributed by atoms with Gasteiger partial charge in [-0.3, -0.25) is 15.1 Å². The van der Waals surface area contributed by atoms with Crippen molar-refractivity contribution in [3.8, 4) is 5.75 Å². The number of aromatic hydroxyl groups is 1. The fraction of sp³-hybridized carbons (Fsp3) is 0. The second-order valence-electron chi connectivity index (χ2n) is 3.71. The fourth-order valence-electron chi connectivity index (χ4n) is 1.45. The number of non-ortho nitro benzene ring substituents is 1. The molecule has 96 valence electrons. The van der Waals surface area contributed by atoms with E-state index in [1.54, 1.807) is 24.3 Å². The molecule has 0 amide bonds. The zero-order valence-corrected chi connectivity index (χ0v) is 10.4. The summed E-state index contributed by atoms with van der Waals surface area (Å²) in [5, 5.41) is 20.7. The third kappa shape index (κ3) is 3.08. The number of benzene rings is 2. The average Bonchev–Trinajstić information content (AvgIpc) is 2.39. The summed E-state index contributed by atoms with van der Waals surface area (Å²) >= 11 is 5.93. The van der Waals surface area contributed by atoms with Crippen LogP contribution in [-0.4, -0.2) is 16.2 Å². The van der Waals surface area contributed by atoms with E-state index < -0.39 is 4.92 Å². The van der Waals surface area contributed by atoms with E-state index in [1.165, 1.54) is 24.4 Å². The van der Waals surface area contributed by atoms with Gasteiger partial charge in [-0.15, -0.1) is 0 Å². The molecule has 2 rings (SSSR count). The van der Waals surface area contributed by atoms with Crippen molar-refractivity contribution in [3.63, 3.8) is 0 Å². The molecule has 0 fully saturated rings. The molecule has 6 heteroatoms. The van der Waals surface area contributed by atoms with Crippen LogP contribution in [0.1, 0.15) is 5.56 Å². The highest BCUT2D eigenvalue weighted by Crippen LogP contribution is 2.25. The highest BCUT2D eigenvalue weighted by molar-refractivity contribution is 6.33. The highest BCUT2D eigenvalue weighted by atomic mass is 35.5. The summed E-state index contributed by atoms with van der Waals surface area (Å²) in [7, 11) is 0. The maximum Gasteiger partial charge on any atom is 0.270 e. The van der Waals surface area contributed by atoms with Gasteiger partial charge in [-0.25, -0.2) is 0 Å². The van der Waals surface area contributed by atoms with Crippen LogP contribution in [0.5, 0.6) is 5.75 Å². The first-order valence-electron chi connectivity index (χ1n) is 5.34. The van der Waals surface area contributed by atoms with Crippen LogP contribution in [0.2, 0.25) is 5.02 Å². The molecule has 0 spiro atoms. The zero-order chi connectivity index (χ0) is 13.8. The number of phenols is 1. The molecule has 0 bridgehead atoms. The van der Waals surface area contributed by atoms with Crippen molar-refractivity contribution < 1.29 is 10.0 Å². The Hall–Kier alpha value is -2.40. The molecule has 0 aliphatic rings. The predicted molar refractivity (Wildman–Crippen MR) is 73.5 cm³/mol. The molecule has 0 aromatic heterocycles. The van der Waals surface area contributed by atoms with E-state index in [0.29, 0.717) is 10.7 Å². The molecule has 0 heterocycles. The summed E-state index contributed by atoms with van der Waals surface area (Å²) in [5.74, 6) is -0.0820. The standard InChI is InChI=1S/C13H9ClN2O3/c14-11-3-1-2-4-12(11)15-8-9-7-10(16(18)19)5-6-13(9)17/h1-8,17H. The number of rotatable bonds is 3. The summed E-state index contributed by atoms with van der Waals surface area (Å²) in [4.78, 5) is 14.2. The minimum absolute atomic E-state index is 0.0820. The quantitative estimate of drug-likeness (QED) is 0.527. The fourth-order valence-corrected chi connectivity index (χ4v) is 1.64. The van der Waals surface area contributed by atoms with Gasteiger partial charge in [0.15, 0.2) is 0 Å². The lowest BCUT2D eigenvalue weighted by Gasteiger charge is -1.99. The van der Waals surface area contributed by atoms with Crippen LogP contribution in [0.25, 0.3) is 0 Å². The Bertz CT molecular complexity index is 656. The summed E-state index contributed by atoms with van der Waals surface area (Å²) in [6.45, 7) is 0. The largest absolute Gasteiger partial charge is 0.507 e. The molecule has 0 radical (unpaired) electrons. The molecule has 0 aliphatic heterocycles. The molecule has 0 saturated carbocycles. The van der Waals surface area contributed by atoms with Gasteiger partial charge in [0.2, 0.25) is 0 Å². The molecule has 0 atom stereocenters. The lowest BCUT2D eigenvalue weighted by molar-refractivity contribution is -0.384. The second-order valence-corrected chi connectivity index (χ2v) is 4.12. The van der Waals surface area contributed by atoms with Gasteiger partial charge in [0.05, 0.1) is 15.6 Å². The van der Waals surface area contributed by atoms with Crippen molar-refractivity contribution in [2.75, 3.05) is 0 Å². The number of hydrogen-bond acceptors (Lipinski definition) is 4. The van der Waals surface area contributed by atoms with Gasteiger partial charge in [-0.2, -0.15) is 0 Å². The molecule has 0 aliphatic carbocycles. The van der Waals surface area contributed by atoms with Gasteiger partial charge in [0.1, 0.15) is 5.75 Å². The molecule has 19 heavy (non-hydrogen) atoms. The Balaban J connectivity index is 2.35. The van der Waals surface area contributed by atoms with Crippen molar-refractivity contribution in [2.24, 2.45) is 4.99 Å². The van der Waals surface area contributed by atoms with Gasteiger partial charge in [0, 0.05) is 23.9 Å². The normalized spacial score (nSPS) is 10.8. The molecule has 0 saturated heterocycles. The van der Waals surface area contributed by atoms with Crippen LogP contribution < -0.4 is 0 Å². The maximum atomic E-state index is 10.7. The summed E-state index contributed by atoms with van der Waals surface area (Å²) in [5.41, 5.74) is 0.669. The molecule has 1 N–H and O–H groups in total. The number of hydrogen-bond donors (Lipinski definition) is 1. The van der Waals surface area contributed by atoms with Crippen molar-refractivity contribution in [1.29, 1.82) is 0 Å². The van der Waals surface area contributed by atoms with Crippen LogP contribution in [0.15, 0.2) is 47.5 Å². The number of phenolic OH excluding ortho intramolecular Hbond substituents is 1. The Labute approximate surface area is 113 Å². The highest BCUT2D eigenvalue weighted by Gasteiger charge is 2.08. The lowest BCUT2D eigenvalue weighted by Crippen LogP contribution is -1.90. The maximum absolute atomic E-state index is 10.7. The molecular weight excluding hydrogens is 268 g/mol. The smallest absolute Gasteiger partial charge is 0.270 e. The molecule has 5 nitrogen and oxygen atoms in total. The molecule has 0 unspecified atom stereocenters. The third-order valence-electron chi connectivity index (χ3n) is 2.42. The Morgan fingerprint density at radius 2 is 2.00 bits per heavy atom. The number of aliphatic imine (C=N–C) groups is 1. The number of nitrogens with zero attached hydrogens (tertiary/aromatic N) is 2. The Kier molecular flexibility index (Phi) is 3.77. The lowest BCUT2D eigenvalue weighted by atomic mass is 10.2. The first-order chi connectivity index (χ1) is 9.08. The van der Waals surface area contributed by atoms with Crippen molar-refractivity contribution >= 4 is 29.2 Å². The number of nitro groups is 1. The predicted octanol–water partition coefficient (Wildman–Crippen LogP) is 3.70. The first-order valence-corrected chi connectivity index (χ1v) is 5.72. The van der Waals surface area contributed by atoms with E-state index in [4.69, 9.17) is 11.6 Å². The topological polar surface area (TPSA) is 75.7 Å². The minimum atomic E-state index is -0.535. The Morgan fingerprint density at radius 1 is 1.26 bits per heavy atom. The van der Waals surface area contributed by atoms with Crippen molar-refractivity contribution in [3.05, 3.63) is 63.2 Å². The van der Waals surface area contributed by atoms with Gasteiger partial charge in [0.25, 0.3) is 5.69 Å². The van der Waals surface area contributed by atoms with Crippen LogP contribution in [0.4, 0.5) is 11.4 Å². The van der Waals surface area contributed by atoms with Crippen LogP contribution in [0, 0.1) is 10.1 Å². The van der Waals surface area contributed by atoms with E-state index in [0.717, 1.165) is 0 Å². The van der Waals surface area contributed by atoms with Gasteiger partial charge >= 0.3 is 0 Å². The number of halogens is 1. The van der Waals surface area contributed by atoms with Gasteiger partial charge < -0.3 is 5.11 Å². The van der Waals surface area contributed by atoms with Crippen molar-refractivity contribution in [2.45, 2.75) is 0 Å². The van der Waals surface area contributed by atoms with E-state index in [2.05, 4.69) is 4.99 Å². The second kappa shape index (κ2) is 5.49. The summed E-state index contributed by atoms with van der Waals surface area (Å²) < 4.78 is 0.